The summed E-state index contributed by atoms with van der Waals surface area (Å²) in [4.78, 5) is 45.5. The second kappa shape index (κ2) is 8.92. The van der Waals surface area contributed by atoms with E-state index in [1.165, 1.54) is 12.1 Å². The van der Waals surface area contributed by atoms with Crippen LogP contribution in [0.3, 0.4) is 0 Å². The van der Waals surface area contributed by atoms with Gasteiger partial charge in [0.1, 0.15) is 23.5 Å². The van der Waals surface area contributed by atoms with Gasteiger partial charge in [-0.2, -0.15) is 0 Å². The van der Waals surface area contributed by atoms with Crippen molar-refractivity contribution >= 4 is 16.8 Å². The van der Waals surface area contributed by atoms with Crippen LogP contribution in [0.25, 0.3) is 10.9 Å². The quantitative estimate of drug-likeness (QED) is 0.562. The molecule has 6 rings (SSSR count). The van der Waals surface area contributed by atoms with E-state index in [1.807, 2.05) is 7.05 Å². The summed E-state index contributed by atoms with van der Waals surface area (Å²) in [5.41, 5.74) is -2.02. The van der Waals surface area contributed by atoms with Crippen molar-refractivity contribution in [3.05, 3.63) is 80.3 Å². The monoisotopic (exact) mass is 500 g/mol. The van der Waals surface area contributed by atoms with Crippen LogP contribution in [0, 0.1) is 22.9 Å². The van der Waals surface area contributed by atoms with Gasteiger partial charge in [-0.15, -0.1) is 0 Å². The molecule has 36 heavy (non-hydrogen) atoms. The Balaban J connectivity index is 1.63. The smallest absolute Gasteiger partial charge is 0.329 e. The minimum Gasteiger partial charge on any atom is -0.348 e. The van der Waals surface area contributed by atoms with Crippen LogP contribution in [0.2, 0.25) is 0 Å². The number of halogens is 3. The molecule has 2 atom stereocenters. The zero-order valence-corrected chi connectivity index (χ0v) is 20.0. The number of amides is 1. The molecule has 0 unspecified atom stereocenters. The summed E-state index contributed by atoms with van der Waals surface area (Å²) in [6.07, 6.45) is 2.84. The Morgan fingerprint density at radius 2 is 1.75 bits per heavy atom. The third-order valence-electron chi connectivity index (χ3n) is 7.90. The van der Waals surface area contributed by atoms with Gasteiger partial charge < -0.3 is 15.2 Å². The zero-order chi connectivity index (χ0) is 25.8. The van der Waals surface area contributed by atoms with Crippen molar-refractivity contribution in [2.24, 2.45) is 5.41 Å². The molecule has 3 heterocycles. The first-order valence-electron chi connectivity index (χ1n) is 12.0. The number of carbonyl (C=O) groups is 1. The highest BCUT2D eigenvalue weighted by atomic mass is 19.1. The van der Waals surface area contributed by atoms with Crippen molar-refractivity contribution in [1.29, 1.82) is 0 Å². The standard InChI is InChI=1S/C26H27F3N4O3/c1-14(18-5-3-16(28)12-20(18)29)30-23(34)22(26-9-7-17(8-10-26)32(2)13-26)33-24(35)19-11-15(27)4-6-21(19)31-25(33)36/h3-6,11-12,14,17,22H,7-10,13H2,1-2H3,(H,30,34)(H,31,36)/t14-,17?,22+,26?/m0/s1. The summed E-state index contributed by atoms with van der Waals surface area (Å²) in [5, 5.41) is 2.71. The van der Waals surface area contributed by atoms with Crippen LogP contribution in [-0.4, -0.2) is 40.0 Å². The van der Waals surface area contributed by atoms with Crippen molar-refractivity contribution in [2.75, 3.05) is 13.6 Å². The van der Waals surface area contributed by atoms with Gasteiger partial charge in [0, 0.05) is 29.6 Å². The molecule has 3 fully saturated rings. The first kappa shape index (κ1) is 24.3. The molecule has 1 aliphatic carbocycles. The van der Waals surface area contributed by atoms with Gasteiger partial charge in [0.25, 0.3) is 5.56 Å². The van der Waals surface area contributed by atoms with Gasteiger partial charge in [-0.05, 0) is 63.9 Å². The minimum atomic E-state index is -1.21. The van der Waals surface area contributed by atoms with Crippen molar-refractivity contribution in [3.63, 3.8) is 0 Å². The van der Waals surface area contributed by atoms with Crippen LogP contribution >= 0.6 is 0 Å². The summed E-state index contributed by atoms with van der Waals surface area (Å²) in [6.45, 7) is 2.04. The highest BCUT2D eigenvalue weighted by Crippen LogP contribution is 2.50. The molecule has 2 aromatic carbocycles. The highest BCUT2D eigenvalue weighted by molar-refractivity contribution is 5.83. The molecular formula is C26H27F3N4O3. The normalized spacial score (nSPS) is 23.5. The van der Waals surface area contributed by atoms with E-state index in [0.717, 1.165) is 41.7 Å². The fourth-order valence-electron chi connectivity index (χ4n) is 6.09. The second-order valence-corrected chi connectivity index (χ2v) is 10.1. The Bertz CT molecular complexity index is 1460. The van der Waals surface area contributed by atoms with Crippen LogP contribution in [0.4, 0.5) is 13.2 Å². The fourth-order valence-corrected chi connectivity index (χ4v) is 6.09. The maximum Gasteiger partial charge on any atom is 0.329 e. The molecule has 1 saturated carbocycles. The van der Waals surface area contributed by atoms with E-state index < -0.39 is 52.1 Å². The average molecular weight is 501 g/mol. The molecule has 1 amide bonds. The number of piperidine rings is 2. The van der Waals surface area contributed by atoms with E-state index in [9.17, 15) is 27.6 Å². The maximum absolute atomic E-state index is 14.4. The summed E-state index contributed by atoms with van der Waals surface area (Å²) < 4.78 is 42.7. The third-order valence-corrected chi connectivity index (χ3v) is 7.90. The number of aromatic nitrogens is 2. The first-order valence-corrected chi connectivity index (χ1v) is 12.0. The van der Waals surface area contributed by atoms with Crippen molar-refractivity contribution in [1.82, 2.24) is 19.8 Å². The Kier molecular flexibility index (Phi) is 6.02. The van der Waals surface area contributed by atoms with E-state index in [-0.39, 0.29) is 16.5 Å². The Labute approximate surface area is 204 Å². The molecule has 0 spiro atoms. The van der Waals surface area contributed by atoms with E-state index in [1.54, 1.807) is 6.92 Å². The number of rotatable bonds is 5. The number of nitrogens with zero attached hydrogens (tertiary/aromatic N) is 2. The number of benzene rings is 2. The first-order chi connectivity index (χ1) is 17.1. The Morgan fingerprint density at radius 1 is 1.08 bits per heavy atom. The molecule has 2 saturated heterocycles. The summed E-state index contributed by atoms with van der Waals surface area (Å²) in [7, 11) is 1.95. The topological polar surface area (TPSA) is 87.2 Å². The predicted octanol–water partition coefficient (Wildman–Crippen LogP) is 3.40. The Morgan fingerprint density at radius 3 is 2.42 bits per heavy atom. The van der Waals surface area contributed by atoms with Crippen LogP contribution in [0.1, 0.15) is 50.3 Å². The van der Waals surface area contributed by atoms with Crippen molar-refractivity contribution < 1.29 is 18.0 Å². The highest BCUT2D eigenvalue weighted by Gasteiger charge is 2.52. The van der Waals surface area contributed by atoms with Crippen molar-refractivity contribution in [3.8, 4) is 0 Å². The molecule has 0 radical (unpaired) electrons. The van der Waals surface area contributed by atoms with Crippen LogP contribution in [0.15, 0.2) is 46.0 Å². The summed E-state index contributed by atoms with van der Waals surface area (Å²) in [6, 6.07) is 4.87. The number of fused-ring (bicyclic) bond motifs is 4. The molecule has 10 heteroatoms. The van der Waals surface area contributed by atoms with E-state index >= 15 is 0 Å². The summed E-state index contributed by atoms with van der Waals surface area (Å²) in [5.74, 6) is -2.82. The molecule has 2 bridgehead atoms. The zero-order valence-electron chi connectivity index (χ0n) is 20.0. The molecule has 3 aliphatic rings. The maximum atomic E-state index is 14.4. The average Bonchev–Trinajstić information content (AvgIpc) is 2.82. The number of H-pyrrole nitrogens is 1. The predicted molar refractivity (Wildman–Crippen MR) is 128 cm³/mol. The van der Waals surface area contributed by atoms with E-state index in [0.29, 0.717) is 25.4 Å². The van der Waals surface area contributed by atoms with Gasteiger partial charge in [0.05, 0.1) is 16.9 Å². The van der Waals surface area contributed by atoms with Crippen LogP contribution in [0.5, 0.6) is 0 Å². The number of hydrogen-bond donors (Lipinski definition) is 2. The molecule has 2 aliphatic heterocycles. The third kappa shape index (κ3) is 4.03. The largest absolute Gasteiger partial charge is 0.348 e. The van der Waals surface area contributed by atoms with Gasteiger partial charge in [-0.25, -0.2) is 22.5 Å². The molecule has 2 N–H and O–H groups in total. The number of nitrogens with one attached hydrogen (secondary N) is 2. The van der Waals surface area contributed by atoms with Gasteiger partial charge >= 0.3 is 5.69 Å². The number of carbonyl (C=O) groups excluding carboxylic acids is 1. The molecule has 3 aromatic rings. The minimum absolute atomic E-state index is 0.0423. The lowest BCUT2D eigenvalue weighted by Gasteiger charge is -2.54. The van der Waals surface area contributed by atoms with Gasteiger partial charge in [0.2, 0.25) is 5.91 Å². The van der Waals surface area contributed by atoms with Gasteiger partial charge in [0.15, 0.2) is 0 Å². The van der Waals surface area contributed by atoms with E-state index in [2.05, 4.69) is 15.2 Å². The lowest BCUT2D eigenvalue weighted by molar-refractivity contribution is -0.135. The van der Waals surface area contributed by atoms with Crippen LogP contribution < -0.4 is 16.6 Å². The Hall–Kier alpha value is -3.40. The van der Waals surface area contributed by atoms with Gasteiger partial charge in [-0.3, -0.25) is 9.59 Å². The van der Waals surface area contributed by atoms with Crippen molar-refractivity contribution in [2.45, 2.75) is 50.7 Å². The lowest BCUT2D eigenvalue weighted by Crippen LogP contribution is -2.61. The second-order valence-electron chi connectivity index (χ2n) is 10.1. The summed E-state index contributed by atoms with van der Waals surface area (Å²) >= 11 is 0. The van der Waals surface area contributed by atoms with E-state index in [4.69, 9.17) is 0 Å². The fraction of sp³-hybridized carbons (Fsp3) is 0.423. The van der Waals surface area contributed by atoms with Crippen LogP contribution in [-0.2, 0) is 4.79 Å². The molecular weight excluding hydrogens is 473 g/mol. The molecule has 190 valence electrons. The lowest BCUT2D eigenvalue weighted by atomic mass is 9.63. The molecule has 1 aromatic heterocycles. The SMILES string of the molecule is C[C@H](NC(=O)[C@@H](n1c(=O)[nH]c2ccc(F)cc2c1=O)C12CCC(CC1)N(C)C2)c1ccc(F)cc1F. The number of hydrogen-bond acceptors (Lipinski definition) is 4. The van der Waals surface area contributed by atoms with Gasteiger partial charge in [-0.1, -0.05) is 6.07 Å². The number of aromatic amines is 1. The molecule has 7 nitrogen and oxygen atoms in total.